The van der Waals surface area contributed by atoms with Crippen molar-refractivity contribution in [3.63, 3.8) is 0 Å². The number of carbonyl (C=O) groups is 1. The van der Waals surface area contributed by atoms with Gasteiger partial charge in [-0.25, -0.2) is 0 Å². The first-order chi connectivity index (χ1) is 12.2. The van der Waals surface area contributed by atoms with Gasteiger partial charge in [0.1, 0.15) is 0 Å². The van der Waals surface area contributed by atoms with E-state index >= 15 is 0 Å². The lowest BCUT2D eigenvalue weighted by Gasteiger charge is -2.28. The molecule has 1 amide bonds. The third-order valence-electron chi connectivity index (χ3n) is 4.35. The average Bonchev–Trinajstić information content (AvgIpc) is 2.65. The number of hydrogen-bond donors (Lipinski definition) is 1. The molecule has 1 aliphatic heterocycles. The van der Waals surface area contributed by atoms with Gasteiger partial charge in [0.25, 0.3) is 5.91 Å². The van der Waals surface area contributed by atoms with Gasteiger partial charge in [0.2, 0.25) is 6.54 Å². The maximum absolute atomic E-state index is 12.2. The molecule has 1 saturated heterocycles. The highest BCUT2D eigenvalue weighted by atomic mass is 16.5. The number of pyridine rings is 1. The van der Waals surface area contributed by atoms with E-state index in [1.165, 1.54) is 11.3 Å². The zero-order chi connectivity index (χ0) is 17.5. The molecular weight excluding hydrogens is 314 g/mol. The Morgan fingerprint density at radius 2 is 1.80 bits per heavy atom. The van der Waals surface area contributed by atoms with Gasteiger partial charge in [-0.05, 0) is 36.2 Å². The van der Waals surface area contributed by atoms with E-state index in [1.807, 2.05) is 41.2 Å². The van der Waals surface area contributed by atoms with Gasteiger partial charge in [0, 0.05) is 36.6 Å². The predicted molar refractivity (Wildman–Crippen MR) is 98.7 cm³/mol. The zero-order valence-corrected chi connectivity index (χ0v) is 14.8. The number of benzene rings is 1. The van der Waals surface area contributed by atoms with Crippen molar-refractivity contribution < 1.29 is 14.1 Å². The Morgan fingerprint density at radius 1 is 1.12 bits per heavy atom. The summed E-state index contributed by atoms with van der Waals surface area (Å²) in [6, 6.07) is 12.2. The molecule has 1 aromatic carbocycles. The smallest absolute Gasteiger partial charge is 0.290 e. The first-order valence-electron chi connectivity index (χ1n) is 8.95. The molecule has 1 aromatic heterocycles. The summed E-state index contributed by atoms with van der Waals surface area (Å²) >= 11 is 0. The second-order valence-corrected chi connectivity index (χ2v) is 6.32. The number of ether oxygens (including phenoxy) is 1. The van der Waals surface area contributed by atoms with E-state index in [-0.39, 0.29) is 5.91 Å². The molecule has 5 heteroatoms. The summed E-state index contributed by atoms with van der Waals surface area (Å²) in [6.07, 6.45) is 6.13. The Hall–Kier alpha value is -2.40. The molecule has 0 unspecified atom stereocenters. The molecule has 25 heavy (non-hydrogen) atoms. The van der Waals surface area contributed by atoms with Crippen molar-refractivity contribution in [3.8, 4) is 0 Å². The van der Waals surface area contributed by atoms with Gasteiger partial charge in [-0.3, -0.25) is 4.79 Å². The van der Waals surface area contributed by atoms with Crippen molar-refractivity contribution in [3.05, 3.63) is 54.4 Å². The number of aryl methyl sites for hydroxylation is 1. The van der Waals surface area contributed by atoms with Crippen LogP contribution in [0.15, 0.2) is 48.8 Å². The molecule has 1 fully saturated rings. The van der Waals surface area contributed by atoms with Crippen molar-refractivity contribution in [1.29, 1.82) is 0 Å². The second-order valence-electron chi connectivity index (χ2n) is 6.32. The third kappa shape index (κ3) is 5.03. The maximum Gasteiger partial charge on any atom is 0.290 e. The molecule has 0 radical (unpaired) electrons. The van der Waals surface area contributed by atoms with Crippen LogP contribution in [0, 0.1) is 0 Å². The van der Waals surface area contributed by atoms with Crippen LogP contribution in [-0.2, 0) is 22.5 Å². The highest BCUT2D eigenvalue weighted by molar-refractivity contribution is 5.89. The van der Waals surface area contributed by atoms with Crippen LogP contribution in [0.3, 0.4) is 0 Å². The maximum atomic E-state index is 12.2. The van der Waals surface area contributed by atoms with Crippen molar-refractivity contribution >= 4 is 17.3 Å². The Morgan fingerprint density at radius 3 is 2.44 bits per heavy atom. The van der Waals surface area contributed by atoms with Gasteiger partial charge in [-0.15, -0.1) is 0 Å². The number of hydrogen-bond acceptors (Lipinski definition) is 3. The first kappa shape index (κ1) is 17.4. The Kier molecular flexibility index (Phi) is 6.01. The van der Waals surface area contributed by atoms with Crippen LogP contribution >= 0.6 is 0 Å². The lowest BCUT2D eigenvalue weighted by molar-refractivity contribution is -0.684. The molecule has 3 rings (SSSR count). The minimum absolute atomic E-state index is 0.0210. The minimum atomic E-state index is -0.0210. The van der Waals surface area contributed by atoms with Crippen LogP contribution in [0.1, 0.15) is 18.9 Å². The van der Waals surface area contributed by atoms with Crippen LogP contribution in [0.4, 0.5) is 11.4 Å². The number of nitrogens with one attached hydrogen (secondary N) is 1. The van der Waals surface area contributed by atoms with E-state index in [2.05, 4.69) is 29.3 Å². The second kappa shape index (κ2) is 8.62. The molecule has 0 spiro atoms. The Balaban J connectivity index is 1.53. The lowest BCUT2D eigenvalue weighted by Crippen LogP contribution is -2.39. The fraction of sp³-hybridized carbons (Fsp3) is 0.400. The van der Waals surface area contributed by atoms with Gasteiger partial charge >= 0.3 is 0 Å². The van der Waals surface area contributed by atoms with Crippen LogP contribution in [0.2, 0.25) is 0 Å². The van der Waals surface area contributed by atoms with Crippen molar-refractivity contribution in [2.24, 2.45) is 0 Å². The van der Waals surface area contributed by atoms with Crippen molar-refractivity contribution in [2.45, 2.75) is 26.3 Å². The van der Waals surface area contributed by atoms with Crippen LogP contribution < -0.4 is 14.8 Å². The molecule has 132 valence electrons. The van der Waals surface area contributed by atoms with E-state index in [0.29, 0.717) is 6.54 Å². The minimum Gasteiger partial charge on any atom is -0.378 e. The SMILES string of the molecule is CCCc1cc[n+](CC(=O)Nc2ccc(N3CCOCC3)cc2)cc1. The predicted octanol–water partition coefficient (Wildman–Crippen LogP) is 2.40. The van der Waals surface area contributed by atoms with Crippen LogP contribution in [0.25, 0.3) is 0 Å². The molecular formula is C20H26N3O2+. The number of amides is 1. The van der Waals surface area contributed by atoms with Crippen molar-refractivity contribution in [1.82, 2.24) is 0 Å². The molecule has 0 atom stereocenters. The zero-order valence-electron chi connectivity index (χ0n) is 14.8. The van der Waals surface area contributed by atoms with Crippen LogP contribution in [-0.4, -0.2) is 32.2 Å². The number of nitrogens with zero attached hydrogens (tertiary/aromatic N) is 2. The fourth-order valence-electron chi connectivity index (χ4n) is 2.99. The highest BCUT2D eigenvalue weighted by Crippen LogP contribution is 2.18. The number of rotatable bonds is 6. The van der Waals surface area contributed by atoms with E-state index < -0.39 is 0 Å². The van der Waals surface area contributed by atoms with Crippen LogP contribution in [0.5, 0.6) is 0 Å². The standard InChI is InChI=1S/C20H25N3O2/c1-2-3-17-8-10-22(11-9-17)16-20(24)21-18-4-6-19(7-5-18)23-12-14-25-15-13-23/h4-11H,2-3,12-16H2,1H3/p+1. The largest absolute Gasteiger partial charge is 0.378 e. The first-order valence-corrected chi connectivity index (χ1v) is 8.95. The fourth-order valence-corrected chi connectivity index (χ4v) is 2.99. The summed E-state index contributed by atoms with van der Waals surface area (Å²) in [5, 5.41) is 2.96. The van der Waals surface area contributed by atoms with Gasteiger partial charge in [0.15, 0.2) is 12.4 Å². The summed E-state index contributed by atoms with van der Waals surface area (Å²) < 4.78 is 7.27. The Bertz CT molecular complexity index is 677. The molecule has 5 nitrogen and oxygen atoms in total. The summed E-state index contributed by atoms with van der Waals surface area (Å²) in [5.41, 5.74) is 3.30. The quantitative estimate of drug-likeness (QED) is 0.822. The van der Waals surface area contributed by atoms with Crippen molar-refractivity contribution in [2.75, 3.05) is 36.5 Å². The highest BCUT2D eigenvalue weighted by Gasteiger charge is 2.12. The number of morpholine rings is 1. The molecule has 2 heterocycles. The number of carbonyl (C=O) groups excluding carboxylic acids is 1. The molecule has 1 N–H and O–H groups in total. The monoisotopic (exact) mass is 340 g/mol. The van der Waals surface area contributed by atoms with E-state index in [4.69, 9.17) is 4.74 Å². The molecule has 2 aromatic rings. The normalized spacial score (nSPS) is 14.4. The summed E-state index contributed by atoms with van der Waals surface area (Å²) in [7, 11) is 0. The van der Waals surface area contributed by atoms with E-state index in [0.717, 1.165) is 44.8 Å². The lowest BCUT2D eigenvalue weighted by atomic mass is 10.2. The molecule has 0 aliphatic carbocycles. The van der Waals surface area contributed by atoms with Gasteiger partial charge in [0.05, 0.1) is 13.2 Å². The van der Waals surface area contributed by atoms with Gasteiger partial charge in [-0.2, -0.15) is 4.57 Å². The molecule has 0 bridgehead atoms. The summed E-state index contributed by atoms with van der Waals surface area (Å²) in [5.74, 6) is -0.0210. The number of anilines is 2. The summed E-state index contributed by atoms with van der Waals surface area (Å²) in [4.78, 5) is 14.5. The van der Waals surface area contributed by atoms with E-state index in [1.54, 1.807) is 0 Å². The average molecular weight is 340 g/mol. The summed E-state index contributed by atoms with van der Waals surface area (Å²) in [6.45, 7) is 5.85. The van der Waals surface area contributed by atoms with Gasteiger partial charge < -0.3 is 15.0 Å². The number of aromatic nitrogens is 1. The topological polar surface area (TPSA) is 45.5 Å². The van der Waals surface area contributed by atoms with Gasteiger partial charge in [-0.1, -0.05) is 13.3 Å². The molecule has 0 saturated carbocycles. The van der Waals surface area contributed by atoms with E-state index in [9.17, 15) is 4.79 Å². The Labute approximate surface area is 149 Å². The third-order valence-corrected chi connectivity index (χ3v) is 4.35. The molecule has 1 aliphatic rings.